The molecule has 0 bridgehead atoms. The zero-order chi connectivity index (χ0) is 16.9. The summed E-state index contributed by atoms with van der Waals surface area (Å²) in [7, 11) is 0. The number of carbonyl (C=O) groups excluding carboxylic acids is 2. The van der Waals surface area contributed by atoms with Crippen molar-refractivity contribution in [3.05, 3.63) is 77.6 Å². The Morgan fingerprint density at radius 2 is 1.62 bits per heavy atom. The van der Waals surface area contributed by atoms with Crippen LogP contribution in [0.15, 0.2) is 60.7 Å². The number of ketones is 1. The van der Waals surface area contributed by atoms with E-state index in [4.69, 9.17) is 4.74 Å². The summed E-state index contributed by atoms with van der Waals surface area (Å²) in [6.45, 7) is 0. The quantitative estimate of drug-likeness (QED) is 0.356. The second-order valence-corrected chi connectivity index (χ2v) is 5.80. The Morgan fingerprint density at radius 3 is 2.21 bits per heavy atom. The van der Waals surface area contributed by atoms with Crippen molar-refractivity contribution < 1.29 is 18.7 Å². The molecular formula is C20H17FO3. The fourth-order valence-corrected chi connectivity index (χ4v) is 2.69. The minimum atomic E-state index is -0.383. The Hall–Kier alpha value is -2.75. The highest BCUT2D eigenvalue weighted by atomic mass is 19.1. The van der Waals surface area contributed by atoms with Gasteiger partial charge >= 0.3 is 5.97 Å². The summed E-state index contributed by atoms with van der Waals surface area (Å²) in [5, 5.41) is 0. The molecule has 2 aromatic carbocycles. The fourth-order valence-electron chi connectivity index (χ4n) is 2.69. The number of rotatable bonds is 5. The maximum atomic E-state index is 12.9. The van der Waals surface area contributed by atoms with Gasteiger partial charge in [0.1, 0.15) is 11.6 Å². The molecule has 0 radical (unpaired) electrons. The van der Waals surface area contributed by atoms with Crippen molar-refractivity contribution in [1.29, 1.82) is 0 Å². The number of halogens is 1. The van der Waals surface area contributed by atoms with Crippen LogP contribution in [-0.4, -0.2) is 11.8 Å². The molecule has 1 aliphatic carbocycles. The third-order valence-electron chi connectivity index (χ3n) is 4.00. The van der Waals surface area contributed by atoms with E-state index < -0.39 is 0 Å². The van der Waals surface area contributed by atoms with Gasteiger partial charge in [0.05, 0.1) is 6.42 Å². The summed E-state index contributed by atoms with van der Waals surface area (Å²) in [5.74, 6) is -0.187. The van der Waals surface area contributed by atoms with E-state index in [1.165, 1.54) is 24.3 Å². The van der Waals surface area contributed by atoms with E-state index in [-0.39, 0.29) is 23.5 Å². The lowest BCUT2D eigenvalue weighted by atomic mass is 10.0. The van der Waals surface area contributed by atoms with Crippen molar-refractivity contribution in [3.63, 3.8) is 0 Å². The van der Waals surface area contributed by atoms with Crippen LogP contribution in [0.25, 0.3) is 0 Å². The van der Waals surface area contributed by atoms with E-state index in [9.17, 15) is 14.0 Å². The van der Waals surface area contributed by atoms with Crippen molar-refractivity contribution in [2.75, 3.05) is 0 Å². The van der Waals surface area contributed by atoms with Crippen LogP contribution in [-0.2, 0) is 4.79 Å². The highest BCUT2D eigenvalue weighted by molar-refractivity contribution is 6.09. The molecule has 0 N–H and O–H groups in total. The first-order chi connectivity index (χ1) is 11.6. The summed E-state index contributed by atoms with van der Waals surface area (Å²) in [5.41, 5.74) is 0.870. The molecule has 1 aliphatic rings. The number of hydrogen-bond donors (Lipinski definition) is 0. The molecule has 0 saturated heterocycles. The van der Waals surface area contributed by atoms with Gasteiger partial charge in [-0.2, -0.15) is 0 Å². The SMILES string of the molecule is O=C(CC1C=CCC1)Oc1ccc(C(=O)c2ccc(F)cc2)cc1. The molecule has 0 aromatic heterocycles. The topological polar surface area (TPSA) is 43.4 Å². The number of allylic oxidation sites excluding steroid dienone is 2. The van der Waals surface area contributed by atoms with Gasteiger partial charge in [0.15, 0.2) is 5.78 Å². The molecule has 24 heavy (non-hydrogen) atoms. The normalized spacial score (nSPS) is 16.1. The van der Waals surface area contributed by atoms with E-state index >= 15 is 0 Å². The number of esters is 1. The Labute approximate surface area is 139 Å². The second-order valence-electron chi connectivity index (χ2n) is 5.80. The Morgan fingerprint density at radius 1 is 1.00 bits per heavy atom. The smallest absolute Gasteiger partial charge is 0.311 e. The van der Waals surface area contributed by atoms with Gasteiger partial charge in [-0.15, -0.1) is 0 Å². The minimum absolute atomic E-state index is 0.205. The number of benzene rings is 2. The standard InChI is InChI=1S/C20H17FO3/c21-17-9-5-15(6-10-17)20(23)16-7-11-18(12-8-16)24-19(22)13-14-3-1-2-4-14/h1,3,5-12,14H,2,4,13H2. The van der Waals surface area contributed by atoms with Gasteiger partial charge in [-0.05, 0) is 67.3 Å². The van der Waals surface area contributed by atoms with Crippen molar-refractivity contribution in [3.8, 4) is 5.75 Å². The van der Waals surface area contributed by atoms with Gasteiger partial charge in [0, 0.05) is 11.1 Å². The van der Waals surface area contributed by atoms with E-state index in [0.717, 1.165) is 12.8 Å². The molecule has 0 saturated carbocycles. The molecule has 3 nitrogen and oxygen atoms in total. The van der Waals surface area contributed by atoms with Gasteiger partial charge in [-0.3, -0.25) is 9.59 Å². The van der Waals surface area contributed by atoms with Crippen LogP contribution in [0, 0.1) is 11.7 Å². The van der Waals surface area contributed by atoms with Gasteiger partial charge < -0.3 is 4.74 Å². The molecule has 122 valence electrons. The van der Waals surface area contributed by atoms with E-state index in [2.05, 4.69) is 6.08 Å². The second kappa shape index (κ2) is 7.21. The van der Waals surface area contributed by atoms with E-state index in [1.54, 1.807) is 24.3 Å². The number of ether oxygens (including phenoxy) is 1. The molecule has 0 fully saturated rings. The largest absolute Gasteiger partial charge is 0.427 e. The monoisotopic (exact) mass is 324 g/mol. The third kappa shape index (κ3) is 3.96. The highest BCUT2D eigenvalue weighted by Crippen LogP contribution is 2.22. The van der Waals surface area contributed by atoms with Crippen LogP contribution in [0.2, 0.25) is 0 Å². The van der Waals surface area contributed by atoms with E-state index in [0.29, 0.717) is 23.3 Å². The number of carbonyl (C=O) groups is 2. The first kappa shape index (κ1) is 16.1. The minimum Gasteiger partial charge on any atom is -0.427 e. The molecule has 3 rings (SSSR count). The van der Waals surface area contributed by atoms with Crippen LogP contribution in [0.5, 0.6) is 5.75 Å². The van der Waals surface area contributed by atoms with Crippen LogP contribution in [0.3, 0.4) is 0 Å². The van der Waals surface area contributed by atoms with Gasteiger partial charge in [-0.1, -0.05) is 12.2 Å². The lowest BCUT2D eigenvalue weighted by Gasteiger charge is -2.08. The average Bonchev–Trinajstić information content (AvgIpc) is 3.08. The summed E-state index contributed by atoms with van der Waals surface area (Å²) in [6.07, 6.45) is 6.49. The van der Waals surface area contributed by atoms with Crippen molar-refractivity contribution >= 4 is 11.8 Å². The predicted octanol–water partition coefficient (Wildman–Crippen LogP) is 4.32. The van der Waals surface area contributed by atoms with Gasteiger partial charge in [0.25, 0.3) is 0 Å². The molecule has 0 aliphatic heterocycles. The van der Waals surface area contributed by atoms with E-state index in [1.807, 2.05) is 6.08 Å². The zero-order valence-electron chi connectivity index (χ0n) is 13.1. The summed E-state index contributed by atoms with van der Waals surface area (Å²) >= 11 is 0. The lowest BCUT2D eigenvalue weighted by molar-refractivity contribution is -0.135. The first-order valence-electron chi connectivity index (χ1n) is 7.89. The summed E-state index contributed by atoms with van der Waals surface area (Å²) in [4.78, 5) is 24.2. The van der Waals surface area contributed by atoms with Crippen molar-refractivity contribution in [1.82, 2.24) is 0 Å². The molecule has 1 atom stereocenters. The molecule has 2 aromatic rings. The van der Waals surface area contributed by atoms with Crippen LogP contribution in [0.4, 0.5) is 4.39 Å². The maximum absolute atomic E-state index is 12.9. The third-order valence-corrected chi connectivity index (χ3v) is 4.00. The Kier molecular flexibility index (Phi) is 4.85. The first-order valence-corrected chi connectivity index (χ1v) is 7.89. The highest BCUT2D eigenvalue weighted by Gasteiger charge is 2.16. The maximum Gasteiger partial charge on any atom is 0.311 e. The lowest BCUT2D eigenvalue weighted by Crippen LogP contribution is -2.12. The molecule has 4 heteroatoms. The zero-order valence-corrected chi connectivity index (χ0v) is 13.1. The van der Waals surface area contributed by atoms with Gasteiger partial charge in [0.2, 0.25) is 0 Å². The Balaban J connectivity index is 1.62. The molecule has 1 unspecified atom stereocenters. The molecule has 0 spiro atoms. The van der Waals surface area contributed by atoms with Crippen molar-refractivity contribution in [2.24, 2.45) is 5.92 Å². The van der Waals surface area contributed by atoms with Crippen LogP contribution in [0.1, 0.15) is 35.2 Å². The summed E-state index contributed by atoms with van der Waals surface area (Å²) < 4.78 is 18.2. The average molecular weight is 324 g/mol. The summed E-state index contributed by atoms with van der Waals surface area (Å²) in [6, 6.07) is 11.8. The number of hydrogen-bond acceptors (Lipinski definition) is 3. The van der Waals surface area contributed by atoms with Crippen molar-refractivity contribution in [2.45, 2.75) is 19.3 Å². The van der Waals surface area contributed by atoms with Crippen LogP contribution < -0.4 is 4.74 Å². The predicted molar refractivity (Wildman–Crippen MR) is 88.4 cm³/mol. The molecule has 0 amide bonds. The van der Waals surface area contributed by atoms with Crippen LogP contribution >= 0.6 is 0 Å². The fraction of sp³-hybridized carbons (Fsp3) is 0.200. The molecule has 0 heterocycles. The van der Waals surface area contributed by atoms with Gasteiger partial charge in [-0.25, -0.2) is 4.39 Å². The molecular weight excluding hydrogens is 307 g/mol. The Bertz CT molecular complexity index is 760.